The summed E-state index contributed by atoms with van der Waals surface area (Å²) in [5.41, 5.74) is 10.0. The molecule has 41 heavy (non-hydrogen) atoms. The van der Waals surface area contributed by atoms with Crippen LogP contribution in [0.3, 0.4) is 0 Å². The van der Waals surface area contributed by atoms with Crippen molar-refractivity contribution < 1.29 is 19.1 Å². The van der Waals surface area contributed by atoms with Gasteiger partial charge in [-0.25, -0.2) is 4.79 Å². The maximum absolute atomic E-state index is 13.6. The number of aromatic nitrogens is 1. The molecule has 210 valence electrons. The molecule has 0 spiro atoms. The number of nitrogens with one attached hydrogen (secondary N) is 3. The number of amides is 3. The molecule has 2 heterocycles. The summed E-state index contributed by atoms with van der Waals surface area (Å²) in [4.78, 5) is 39.3. The van der Waals surface area contributed by atoms with Gasteiger partial charge in [0.1, 0.15) is 11.5 Å². The molecule has 0 saturated carbocycles. The van der Waals surface area contributed by atoms with E-state index in [2.05, 4.69) is 15.5 Å². The number of primary amides is 1. The number of hydrogen-bond donors (Lipinski definition) is 4. The number of carbonyl (C=O) groups is 3. The molecule has 10 nitrogen and oxygen atoms in total. The number of hydrogen-bond acceptors (Lipinski definition) is 6. The van der Waals surface area contributed by atoms with Gasteiger partial charge in [-0.15, -0.1) is 0 Å². The van der Waals surface area contributed by atoms with Crippen LogP contribution in [-0.2, 0) is 11.3 Å². The molecular formula is C31H32N6O4. The molecule has 4 aromatic rings. The lowest BCUT2D eigenvalue weighted by atomic mass is 10.1. The molecule has 0 aliphatic carbocycles. The summed E-state index contributed by atoms with van der Waals surface area (Å²) in [6.07, 6.45) is 1.67. The van der Waals surface area contributed by atoms with Crippen LogP contribution in [0.25, 0.3) is 10.9 Å². The highest BCUT2D eigenvalue weighted by Crippen LogP contribution is 2.26. The van der Waals surface area contributed by atoms with Crippen LogP contribution in [0.4, 0.5) is 16.2 Å². The van der Waals surface area contributed by atoms with E-state index in [1.807, 2.05) is 28.8 Å². The first-order valence-electron chi connectivity index (χ1n) is 13.5. The van der Waals surface area contributed by atoms with Gasteiger partial charge in [0.05, 0.1) is 6.61 Å². The smallest absolute Gasteiger partial charge is 0.412 e. The second-order valence-corrected chi connectivity index (χ2v) is 9.87. The van der Waals surface area contributed by atoms with Crippen molar-refractivity contribution >= 4 is 46.0 Å². The van der Waals surface area contributed by atoms with E-state index in [9.17, 15) is 14.4 Å². The molecule has 1 aliphatic heterocycles. The maximum atomic E-state index is 13.6. The van der Waals surface area contributed by atoms with Crippen molar-refractivity contribution in [2.75, 3.05) is 29.9 Å². The van der Waals surface area contributed by atoms with Gasteiger partial charge in [-0.05, 0) is 73.9 Å². The van der Waals surface area contributed by atoms with Crippen LogP contribution in [-0.4, -0.2) is 48.0 Å². The van der Waals surface area contributed by atoms with Crippen LogP contribution in [0.15, 0.2) is 72.8 Å². The monoisotopic (exact) mass is 552 g/mol. The minimum atomic E-state index is -0.710. The van der Waals surface area contributed by atoms with Crippen molar-refractivity contribution in [3.05, 3.63) is 95.2 Å². The van der Waals surface area contributed by atoms with Crippen molar-refractivity contribution in [3.63, 3.8) is 0 Å². The molecule has 1 aliphatic rings. The Morgan fingerprint density at radius 3 is 2.27 bits per heavy atom. The van der Waals surface area contributed by atoms with Gasteiger partial charge in [0, 0.05) is 53.0 Å². The van der Waals surface area contributed by atoms with Crippen LogP contribution in [0.5, 0.6) is 0 Å². The number of alkyl carbamates (subject to hydrolysis) is 1. The number of nitrogens with zero attached hydrogens (tertiary/aromatic N) is 2. The fraction of sp³-hybridized carbons (Fsp3) is 0.226. The van der Waals surface area contributed by atoms with E-state index in [-0.39, 0.29) is 18.3 Å². The van der Waals surface area contributed by atoms with Gasteiger partial charge in [0.2, 0.25) is 5.91 Å². The molecule has 1 aromatic heterocycles. The lowest BCUT2D eigenvalue weighted by Gasteiger charge is -2.18. The van der Waals surface area contributed by atoms with Crippen molar-refractivity contribution in [2.24, 2.45) is 5.73 Å². The molecule has 3 aromatic carbocycles. The van der Waals surface area contributed by atoms with Crippen molar-refractivity contribution in [1.82, 2.24) is 9.88 Å². The first-order valence-corrected chi connectivity index (χ1v) is 13.5. The molecule has 0 radical (unpaired) electrons. The van der Waals surface area contributed by atoms with E-state index >= 15 is 0 Å². The highest BCUT2D eigenvalue weighted by Gasteiger charge is 2.19. The highest BCUT2D eigenvalue weighted by molar-refractivity contribution is 6.09. The summed E-state index contributed by atoms with van der Waals surface area (Å²) in [6.45, 7) is 4.28. The van der Waals surface area contributed by atoms with E-state index in [1.165, 1.54) is 12.8 Å². The second kappa shape index (κ2) is 12.0. The van der Waals surface area contributed by atoms with Gasteiger partial charge < -0.3 is 25.3 Å². The zero-order valence-electron chi connectivity index (χ0n) is 22.8. The predicted octanol–water partition coefficient (Wildman–Crippen LogP) is 4.71. The first kappa shape index (κ1) is 27.4. The van der Waals surface area contributed by atoms with Gasteiger partial charge in [0.25, 0.3) is 5.91 Å². The standard InChI is InChI=1S/C31H32N6O4/c1-2-41-31(40)35-28(32)23-10-9-22-17-27(30(39)34-24-11-13-25(14-12-24)36-15-3-4-16-36)37(26(22)18-23)19-20-5-7-21(8-6-20)29(33)38/h5-14,17-18H,2-4,15-16,19H2,1H3,(H2,33,38)(H,34,39)(H2,32,35,40). The second-order valence-electron chi connectivity index (χ2n) is 9.87. The fourth-order valence-electron chi connectivity index (χ4n) is 4.99. The maximum Gasteiger partial charge on any atom is 0.412 e. The van der Waals surface area contributed by atoms with Crippen LogP contribution in [0.1, 0.15) is 51.7 Å². The molecule has 1 saturated heterocycles. The number of anilines is 2. The molecule has 1 fully saturated rings. The van der Waals surface area contributed by atoms with E-state index in [1.54, 1.807) is 55.5 Å². The topological polar surface area (TPSA) is 143 Å². The third-order valence-electron chi connectivity index (χ3n) is 7.10. The van der Waals surface area contributed by atoms with Crippen LogP contribution in [0.2, 0.25) is 0 Å². The number of fused-ring (bicyclic) bond motifs is 1. The van der Waals surface area contributed by atoms with Gasteiger partial charge in [-0.3, -0.25) is 20.3 Å². The number of carbonyl (C=O) groups excluding carboxylic acids is 3. The zero-order valence-corrected chi connectivity index (χ0v) is 22.8. The normalized spacial score (nSPS) is 12.8. The zero-order chi connectivity index (χ0) is 28.9. The summed E-state index contributed by atoms with van der Waals surface area (Å²) in [7, 11) is 0. The average molecular weight is 553 g/mol. The molecule has 5 rings (SSSR count). The Bertz CT molecular complexity index is 1600. The van der Waals surface area contributed by atoms with Gasteiger partial charge in [0.15, 0.2) is 0 Å². The summed E-state index contributed by atoms with van der Waals surface area (Å²) in [5.74, 6) is -0.922. The third-order valence-corrected chi connectivity index (χ3v) is 7.10. The number of amidine groups is 1. The number of ether oxygens (including phenoxy) is 1. The van der Waals surface area contributed by atoms with E-state index in [0.717, 1.165) is 29.7 Å². The molecule has 3 amide bonds. The van der Waals surface area contributed by atoms with E-state index < -0.39 is 12.0 Å². The van der Waals surface area contributed by atoms with Crippen molar-refractivity contribution in [3.8, 4) is 0 Å². The quantitative estimate of drug-likeness (QED) is 0.185. The van der Waals surface area contributed by atoms with E-state index in [4.69, 9.17) is 15.9 Å². The van der Waals surface area contributed by atoms with E-state index in [0.29, 0.717) is 34.6 Å². The van der Waals surface area contributed by atoms with Crippen molar-refractivity contribution in [2.45, 2.75) is 26.3 Å². The third kappa shape index (κ3) is 6.22. The molecule has 0 bridgehead atoms. The Kier molecular flexibility index (Phi) is 8.00. The Morgan fingerprint density at radius 1 is 0.927 bits per heavy atom. The Morgan fingerprint density at radius 2 is 1.61 bits per heavy atom. The highest BCUT2D eigenvalue weighted by atomic mass is 16.5. The van der Waals surface area contributed by atoms with Crippen LogP contribution < -0.4 is 21.3 Å². The first-order chi connectivity index (χ1) is 19.8. The summed E-state index contributed by atoms with van der Waals surface area (Å²) >= 11 is 0. The number of rotatable bonds is 8. The summed E-state index contributed by atoms with van der Waals surface area (Å²) in [5, 5.41) is 14.6. The minimum absolute atomic E-state index is 0.118. The number of nitrogens with two attached hydrogens (primary N) is 1. The SMILES string of the molecule is CCOC(=O)NC(=N)c1ccc2cc(C(=O)Nc3ccc(N4CCCC4)cc3)n(Cc3ccc(C(N)=O)cc3)c2c1. The molecular weight excluding hydrogens is 520 g/mol. The molecule has 0 unspecified atom stereocenters. The lowest BCUT2D eigenvalue weighted by Crippen LogP contribution is -2.31. The van der Waals surface area contributed by atoms with Gasteiger partial charge in [-0.2, -0.15) is 0 Å². The summed E-state index contributed by atoms with van der Waals surface area (Å²) in [6, 6.07) is 21.8. The fourth-order valence-corrected chi connectivity index (χ4v) is 4.99. The Hall–Kier alpha value is -5.12. The minimum Gasteiger partial charge on any atom is -0.450 e. The van der Waals surface area contributed by atoms with Gasteiger partial charge >= 0.3 is 6.09 Å². The molecule has 10 heteroatoms. The molecule has 5 N–H and O–H groups in total. The van der Waals surface area contributed by atoms with Gasteiger partial charge in [-0.1, -0.05) is 24.3 Å². The largest absolute Gasteiger partial charge is 0.450 e. The summed E-state index contributed by atoms with van der Waals surface area (Å²) < 4.78 is 6.75. The average Bonchev–Trinajstić information content (AvgIpc) is 3.62. The van der Waals surface area contributed by atoms with Crippen LogP contribution in [0, 0.1) is 5.41 Å². The van der Waals surface area contributed by atoms with Crippen LogP contribution >= 0.6 is 0 Å². The van der Waals surface area contributed by atoms with Crippen molar-refractivity contribution in [1.29, 1.82) is 5.41 Å². The number of benzene rings is 3. The Balaban J connectivity index is 1.46. The Labute approximate surface area is 237 Å². The molecule has 0 atom stereocenters. The lowest BCUT2D eigenvalue weighted by molar-refractivity contribution is 0.0996. The predicted molar refractivity (Wildman–Crippen MR) is 159 cm³/mol.